The molecular weight excluding hydrogens is 452 g/mol. The van der Waals surface area contributed by atoms with E-state index in [2.05, 4.69) is 71.1 Å². The van der Waals surface area contributed by atoms with Crippen LogP contribution in [0, 0.1) is 6.92 Å². The number of rotatable bonds is 5. The Morgan fingerprint density at radius 2 is 1.66 bits per heavy atom. The van der Waals surface area contributed by atoms with Gasteiger partial charge in [0, 0.05) is 29.6 Å². The van der Waals surface area contributed by atoms with Crippen LogP contribution in [0.1, 0.15) is 21.5 Å². The Hall–Kier alpha value is -3.90. The molecule has 0 saturated heterocycles. The van der Waals surface area contributed by atoms with Gasteiger partial charge in [0.05, 0.1) is 17.9 Å². The molecular formula is C29H24N4OS. The van der Waals surface area contributed by atoms with Crippen LogP contribution in [0.5, 0.6) is 0 Å². The van der Waals surface area contributed by atoms with E-state index < -0.39 is 0 Å². The molecule has 6 heteroatoms. The van der Waals surface area contributed by atoms with Gasteiger partial charge >= 0.3 is 0 Å². The maximum atomic E-state index is 12.8. The van der Waals surface area contributed by atoms with Gasteiger partial charge in [-0.1, -0.05) is 90.1 Å². The van der Waals surface area contributed by atoms with E-state index in [1.807, 2.05) is 36.4 Å². The Morgan fingerprint density at radius 3 is 2.40 bits per heavy atom. The highest BCUT2D eigenvalue weighted by molar-refractivity contribution is 8.14. The van der Waals surface area contributed by atoms with Crippen LogP contribution in [0.3, 0.4) is 0 Å². The first-order valence-corrected chi connectivity index (χ1v) is 12.7. The van der Waals surface area contributed by atoms with Gasteiger partial charge in [-0.3, -0.25) is 9.79 Å². The van der Waals surface area contributed by atoms with E-state index in [0.717, 1.165) is 51.3 Å². The minimum Gasteiger partial charge on any atom is -0.303 e. The lowest BCUT2D eigenvalue weighted by Crippen LogP contribution is -2.36. The van der Waals surface area contributed by atoms with Crippen LogP contribution in [-0.4, -0.2) is 45.1 Å². The van der Waals surface area contributed by atoms with Crippen molar-refractivity contribution >= 4 is 34.4 Å². The number of nitrogens with zero attached hydrogens (tertiary/aromatic N) is 4. The van der Waals surface area contributed by atoms with Crippen LogP contribution < -0.4 is 0 Å². The summed E-state index contributed by atoms with van der Waals surface area (Å²) in [6.07, 6.45) is 2.16. The smallest absolute Gasteiger partial charge is 0.173 e. The predicted octanol–water partition coefficient (Wildman–Crippen LogP) is 6.13. The Labute approximate surface area is 208 Å². The zero-order valence-corrected chi connectivity index (χ0v) is 20.2. The average Bonchev–Trinajstić information content (AvgIpc) is 3.54. The van der Waals surface area contributed by atoms with Crippen molar-refractivity contribution in [3.8, 4) is 16.8 Å². The number of hydrogen-bond donors (Lipinski definition) is 0. The maximum Gasteiger partial charge on any atom is 0.173 e. The minimum absolute atomic E-state index is 0.0978. The molecule has 2 aliphatic heterocycles. The molecule has 0 bridgehead atoms. The molecule has 0 fully saturated rings. The molecule has 5 nitrogen and oxygen atoms in total. The number of aliphatic imine (C=N–C) groups is 2. The third-order valence-electron chi connectivity index (χ3n) is 6.30. The zero-order valence-electron chi connectivity index (χ0n) is 19.4. The molecule has 0 spiro atoms. The highest BCUT2D eigenvalue weighted by atomic mass is 32.2. The number of ketones is 1. The first kappa shape index (κ1) is 21.6. The van der Waals surface area contributed by atoms with Crippen LogP contribution in [0.4, 0.5) is 5.82 Å². The SMILES string of the molecule is Cc1ccc(-n2cc(-c3ccccc3)c3c2N=C(SCC(=O)c2ccccc2)N2CCN=C32)cc1. The second-order valence-electron chi connectivity index (χ2n) is 8.64. The summed E-state index contributed by atoms with van der Waals surface area (Å²) < 4.78 is 2.15. The molecule has 1 aromatic heterocycles. The molecule has 35 heavy (non-hydrogen) atoms. The number of aryl methyl sites for hydroxylation is 1. The number of fused-ring (bicyclic) bond motifs is 3. The van der Waals surface area contributed by atoms with E-state index in [-0.39, 0.29) is 5.78 Å². The summed E-state index contributed by atoms with van der Waals surface area (Å²) in [7, 11) is 0. The average molecular weight is 477 g/mol. The van der Waals surface area contributed by atoms with Gasteiger partial charge < -0.3 is 9.47 Å². The van der Waals surface area contributed by atoms with E-state index in [9.17, 15) is 4.79 Å². The molecule has 0 atom stereocenters. The Balaban J connectivity index is 1.45. The zero-order chi connectivity index (χ0) is 23.8. The standard InChI is InChI=1S/C29H24N4OS/c1-20-12-14-23(15-13-20)33-18-24(21-8-4-2-5-9-21)26-27-30-16-17-32(27)29(31-28(26)33)35-19-25(34)22-10-6-3-7-11-22/h2-15,18H,16-17,19H2,1H3. The molecule has 0 unspecified atom stereocenters. The van der Waals surface area contributed by atoms with Crippen LogP contribution in [0.2, 0.25) is 0 Å². The largest absolute Gasteiger partial charge is 0.303 e. The number of thioether (sulfide) groups is 1. The lowest BCUT2D eigenvalue weighted by molar-refractivity contribution is 0.102. The van der Waals surface area contributed by atoms with E-state index in [1.54, 1.807) is 0 Å². The predicted molar refractivity (Wildman–Crippen MR) is 144 cm³/mol. The number of benzene rings is 3. The minimum atomic E-state index is 0.0978. The summed E-state index contributed by atoms with van der Waals surface area (Å²) >= 11 is 1.48. The molecule has 3 aromatic carbocycles. The highest BCUT2D eigenvalue weighted by Crippen LogP contribution is 2.41. The molecule has 6 rings (SSSR count). The quantitative estimate of drug-likeness (QED) is 0.326. The molecule has 172 valence electrons. The Kier molecular flexibility index (Phi) is 5.58. The van der Waals surface area contributed by atoms with Crippen molar-refractivity contribution in [3.05, 3.63) is 108 Å². The van der Waals surface area contributed by atoms with Crippen LogP contribution in [-0.2, 0) is 0 Å². The molecule has 0 amide bonds. The molecule has 0 radical (unpaired) electrons. The number of aromatic nitrogens is 1. The summed E-state index contributed by atoms with van der Waals surface area (Å²) in [5, 5.41) is 0.823. The van der Waals surface area contributed by atoms with Gasteiger partial charge in [-0.15, -0.1) is 0 Å². The topological polar surface area (TPSA) is 50.0 Å². The maximum absolute atomic E-state index is 12.8. The van der Waals surface area contributed by atoms with Crippen molar-refractivity contribution < 1.29 is 4.79 Å². The van der Waals surface area contributed by atoms with E-state index in [4.69, 9.17) is 9.98 Å². The Morgan fingerprint density at radius 1 is 0.943 bits per heavy atom. The van der Waals surface area contributed by atoms with E-state index in [1.165, 1.54) is 17.3 Å². The van der Waals surface area contributed by atoms with Crippen molar-refractivity contribution in [2.24, 2.45) is 9.98 Å². The van der Waals surface area contributed by atoms with Crippen molar-refractivity contribution in [1.29, 1.82) is 0 Å². The number of Topliss-reactive ketones (excluding diaryl/α,β-unsaturated/α-hetero) is 1. The molecule has 4 aromatic rings. The molecule has 0 N–H and O–H groups in total. The first-order chi connectivity index (χ1) is 17.2. The second kappa shape index (κ2) is 9.04. The number of amidine groups is 2. The van der Waals surface area contributed by atoms with Gasteiger partial charge in [-0.25, -0.2) is 4.99 Å². The lowest BCUT2D eigenvalue weighted by atomic mass is 10.0. The fourth-order valence-electron chi connectivity index (χ4n) is 4.51. The third-order valence-corrected chi connectivity index (χ3v) is 7.28. The first-order valence-electron chi connectivity index (χ1n) is 11.7. The summed E-state index contributed by atoms with van der Waals surface area (Å²) in [5.74, 6) is 2.23. The molecule has 2 aliphatic rings. The lowest BCUT2D eigenvalue weighted by Gasteiger charge is -2.26. The highest BCUT2D eigenvalue weighted by Gasteiger charge is 2.35. The van der Waals surface area contributed by atoms with Gasteiger partial charge in [0.2, 0.25) is 0 Å². The summed E-state index contributed by atoms with van der Waals surface area (Å²) in [6.45, 7) is 3.57. The van der Waals surface area contributed by atoms with E-state index in [0.29, 0.717) is 12.3 Å². The van der Waals surface area contributed by atoms with Gasteiger partial charge in [-0.05, 0) is 24.6 Å². The van der Waals surface area contributed by atoms with Gasteiger partial charge in [0.25, 0.3) is 0 Å². The van der Waals surface area contributed by atoms with Gasteiger partial charge in [0.1, 0.15) is 5.84 Å². The van der Waals surface area contributed by atoms with Crippen LogP contribution >= 0.6 is 11.8 Å². The monoisotopic (exact) mass is 476 g/mol. The Bertz CT molecular complexity index is 1450. The van der Waals surface area contributed by atoms with Crippen LogP contribution in [0.15, 0.2) is 101 Å². The van der Waals surface area contributed by atoms with Crippen molar-refractivity contribution in [1.82, 2.24) is 9.47 Å². The second-order valence-corrected chi connectivity index (χ2v) is 9.58. The normalized spacial score (nSPS) is 14.3. The fraction of sp³-hybridized carbons (Fsp3) is 0.138. The molecule has 0 aliphatic carbocycles. The van der Waals surface area contributed by atoms with E-state index >= 15 is 0 Å². The van der Waals surface area contributed by atoms with Crippen LogP contribution in [0.25, 0.3) is 16.8 Å². The molecule has 0 saturated carbocycles. The third kappa shape index (κ3) is 4.00. The summed E-state index contributed by atoms with van der Waals surface area (Å²) in [4.78, 5) is 25.0. The summed E-state index contributed by atoms with van der Waals surface area (Å²) in [6, 6.07) is 28.3. The fourth-order valence-corrected chi connectivity index (χ4v) is 5.42. The van der Waals surface area contributed by atoms with Gasteiger partial charge in [-0.2, -0.15) is 0 Å². The summed E-state index contributed by atoms with van der Waals surface area (Å²) in [5.41, 5.74) is 6.28. The van der Waals surface area contributed by atoms with Crippen molar-refractivity contribution in [3.63, 3.8) is 0 Å². The van der Waals surface area contributed by atoms with Crippen molar-refractivity contribution in [2.75, 3.05) is 18.8 Å². The molecule has 3 heterocycles. The number of hydrogen-bond acceptors (Lipinski definition) is 5. The van der Waals surface area contributed by atoms with Gasteiger partial charge in [0.15, 0.2) is 16.8 Å². The van der Waals surface area contributed by atoms with Crippen molar-refractivity contribution in [2.45, 2.75) is 6.92 Å². The number of carbonyl (C=O) groups is 1. The number of carbonyl (C=O) groups excluding carboxylic acids is 1.